The number of anilines is 1. The summed E-state index contributed by atoms with van der Waals surface area (Å²) in [4.78, 5) is 4.27. The molecule has 0 aliphatic carbocycles. The zero-order valence-electron chi connectivity index (χ0n) is 9.53. The van der Waals surface area contributed by atoms with Gasteiger partial charge in [0, 0.05) is 18.7 Å². The lowest BCUT2D eigenvalue weighted by molar-refractivity contribution is 0.398. The number of ether oxygens (including phenoxy) is 1. The molecule has 84 valence electrons. The lowest BCUT2D eigenvalue weighted by Crippen LogP contribution is -2.33. The van der Waals surface area contributed by atoms with Crippen LogP contribution in [0.5, 0.6) is 5.88 Å². The van der Waals surface area contributed by atoms with Crippen LogP contribution in [0, 0.1) is 5.92 Å². The second-order valence-electron chi connectivity index (χ2n) is 3.80. The van der Waals surface area contributed by atoms with Gasteiger partial charge in [-0.05, 0) is 12.0 Å². The maximum atomic E-state index is 5.67. The van der Waals surface area contributed by atoms with E-state index in [4.69, 9.17) is 10.5 Å². The zero-order chi connectivity index (χ0) is 11.3. The molecular formula is C11H19N3O. The van der Waals surface area contributed by atoms with Crippen LogP contribution in [0.4, 0.5) is 5.82 Å². The Morgan fingerprint density at radius 2 is 2.20 bits per heavy atom. The molecule has 15 heavy (non-hydrogen) atoms. The molecule has 0 bridgehead atoms. The number of hydrogen-bond donors (Lipinski definition) is 2. The number of rotatable bonds is 5. The highest BCUT2D eigenvalue weighted by Gasteiger charge is 2.11. The average Bonchev–Trinajstić information content (AvgIpc) is 2.25. The van der Waals surface area contributed by atoms with Gasteiger partial charge in [0.1, 0.15) is 5.82 Å². The first-order valence-electron chi connectivity index (χ1n) is 5.15. The highest BCUT2D eigenvalue weighted by atomic mass is 16.5. The maximum Gasteiger partial charge on any atom is 0.214 e. The molecule has 1 rings (SSSR count). The van der Waals surface area contributed by atoms with E-state index < -0.39 is 0 Å². The van der Waals surface area contributed by atoms with Crippen molar-refractivity contribution in [2.24, 2.45) is 11.7 Å². The summed E-state index contributed by atoms with van der Waals surface area (Å²) < 4.78 is 5.05. The van der Waals surface area contributed by atoms with E-state index in [9.17, 15) is 0 Å². The molecule has 0 spiro atoms. The fourth-order valence-corrected chi connectivity index (χ4v) is 1.30. The zero-order valence-corrected chi connectivity index (χ0v) is 9.53. The standard InChI is InChI=1S/C11H19N3O/c1-8(2)9(7-12)13-10-5-4-6-11(14-10)15-3/h4-6,8-9H,7,12H2,1-3H3,(H,13,14). The van der Waals surface area contributed by atoms with Crippen LogP contribution in [-0.4, -0.2) is 24.7 Å². The summed E-state index contributed by atoms with van der Waals surface area (Å²) in [6.07, 6.45) is 0. The van der Waals surface area contributed by atoms with Gasteiger partial charge < -0.3 is 15.8 Å². The molecule has 1 aromatic rings. The number of nitrogens with two attached hydrogens (primary N) is 1. The quantitative estimate of drug-likeness (QED) is 0.771. The highest BCUT2D eigenvalue weighted by Crippen LogP contribution is 2.13. The number of hydrogen-bond acceptors (Lipinski definition) is 4. The molecule has 4 nitrogen and oxygen atoms in total. The van der Waals surface area contributed by atoms with Gasteiger partial charge >= 0.3 is 0 Å². The SMILES string of the molecule is COc1cccc(NC(CN)C(C)C)n1. The van der Waals surface area contributed by atoms with Gasteiger partial charge in [0.25, 0.3) is 0 Å². The summed E-state index contributed by atoms with van der Waals surface area (Å²) in [7, 11) is 1.61. The summed E-state index contributed by atoms with van der Waals surface area (Å²) in [5.74, 6) is 1.89. The van der Waals surface area contributed by atoms with Crippen LogP contribution < -0.4 is 15.8 Å². The molecular weight excluding hydrogens is 190 g/mol. The van der Waals surface area contributed by atoms with Gasteiger partial charge in [0.15, 0.2) is 0 Å². The van der Waals surface area contributed by atoms with Gasteiger partial charge in [-0.1, -0.05) is 19.9 Å². The van der Waals surface area contributed by atoms with Crippen LogP contribution in [0.2, 0.25) is 0 Å². The van der Waals surface area contributed by atoms with Crippen LogP contribution in [0.15, 0.2) is 18.2 Å². The van der Waals surface area contributed by atoms with E-state index in [2.05, 4.69) is 24.1 Å². The van der Waals surface area contributed by atoms with Crippen molar-refractivity contribution in [2.75, 3.05) is 19.0 Å². The largest absolute Gasteiger partial charge is 0.481 e. The number of nitrogens with zero attached hydrogens (tertiary/aromatic N) is 1. The third-order valence-corrected chi connectivity index (χ3v) is 2.32. The molecule has 0 saturated heterocycles. The first kappa shape index (κ1) is 11.8. The van der Waals surface area contributed by atoms with Crippen molar-refractivity contribution in [3.8, 4) is 5.88 Å². The summed E-state index contributed by atoms with van der Waals surface area (Å²) >= 11 is 0. The van der Waals surface area contributed by atoms with Gasteiger partial charge in [0.05, 0.1) is 7.11 Å². The van der Waals surface area contributed by atoms with E-state index in [1.54, 1.807) is 7.11 Å². The van der Waals surface area contributed by atoms with E-state index in [1.165, 1.54) is 0 Å². The molecule has 0 fully saturated rings. The molecule has 1 atom stereocenters. The van der Waals surface area contributed by atoms with E-state index in [0.717, 1.165) is 5.82 Å². The normalized spacial score (nSPS) is 12.6. The fraction of sp³-hybridized carbons (Fsp3) is 0.545. The number of aromatic nitrogens is 1. The Morgan fingerprint density at radius 1 is 1.47 bits per heavy atom. The molecule has 0 radical (unpaired) electrons. The smallest absolute Gasteiger partial charge is 0.214 e. The van der Waals surface area contributed by atoms with Gasteiger partial charge in [-0.15, -0.1) is 0 Å². The van der Waals surface area contributed by atoms with Crippen molar-refractivity contribution in [1.29, 1.82) is 0 Å². The van der Waals surface area contributed by atoms with Crippen molar-refractivity contribution in [1.82, 2.24) is 4.98 Å². The minimum atomic E-state index is 0.240. The Morgan fingerprint density at radius 3 is 2.73 bits per heavy atom. The molecule has 1 aromatic heterocycles. The van der Waals surface area contributed by atoms with Crippen LogP contribution >= 0.6 is 0 Å². The molecule has 0 aliphatic rings. The molecule has 1 unspecified atom stereocenters. The Labute approximate surface area is 90.8 Å². The predicted octanol–water partition coefficient (Wildman–Crippen LogP) is 1.49. The molecule has 0 amide bonds. The van der Waals surface area contributed by atoms with Crippen molar-refractivity contribution in [3.05, 3.63) is 18.2 Å². The summed E-state index contributed by atoms with van der Waals surface area (Å²) in [6.45, 7) is 4.85. The number of pyridine rings is 1. The first-order chi connectivity index (χ1) is 7.17. The Balaban J connectivity index is 2.70. The minimum absolute atomic E-state index is 0.240. The maximum absolute atomic E-state index is 5.67. The fourth-order valence-electron chi connectivity index (χ4n) is 1.30. The molecule has 3 N–H and O–H groups in total. The molecule has 0 aromatic carbocycles. The summed E-state index contributed by atoms with van der Waals surface area (Å²) in [6, 6.07) is 5.87. The second kappa shape index (κ2) is 5.56. The molecule has 4 heteroatoms. The number of nitrogens with one attached hydrogen (secondary N) is 1. The van der Waals surface area contributed by atoms with Gasteiger partial charge in [0.2, 0.25) is 5.88 Å². The van der Waals surface area contributed by atoms with Crippen LogP contribution in [0.3, 0.4) is 0 Å². The third-order valence-electron chi connectivity index (χ3n) is 2.32. The number of methoxy groups -OCH3 is 1. The van der Waals surface area contributed by atoms with Crippen molar-refractivity contribution in [2.45, 2.75) is 19.9 Å². The Bertz CT molecular complexity index is 302. The van der Waals surface area contributed by atoms with E-state index >= 15 is 0 Å². The monoisotopic (exact) mass is 209 g/mol. The third kappa shape index (κ3) is 3.40. The van der Waals surface area contributed by atoms with Crippen molar-refractivity contribution in [3.63, 3.8) is 0 Å². The lowest BCUT2D eigenvalue weighted by Gasteiger charge is -2.21. The Kier molecular flexibility index (Phi) is 4.37. The van der Waals surface area contributed by atoms with Crippen molar-refractivity contribution < 1.29 is 4.74 Å². The summed E-state index contributed by atoms with van der Waals surface area (Å²) in [5.41, 5.74) is 5.67. The van der Waals surface area contributed by atoms with Crippen molar-refractivity contribution >= 4 is 5.82 Å². The van der Waals surface area contributed by atoms with Gasteiger partial charge in [-0.25, -0.2) is 0 Å². The van der Waals surface area contributed by atoms with E-state index in [-0.39, 0.29) is 6.04 Å². The molecule has 0 saturated carbocycles. The minimum Gasteiger partial charge on any atom is -0.481 e. The van der Waals surface area contributed by atoms with Crippen LogP contribution in [-0.2, 0) is 0 Å². The summed E-state index contributed by atoms with van der Waals surface area (Å²) in [5, 5.41) is 3.29. The topological polar surface area (TPSA) is 60.2 Å². The second-order valence-corrected chi connectivity index (χ2v) is 3.80. The molecule has 1 heterocycles. The van der Waals surface area contributed by atoms with E-state index in [0.29, 0.717) is 18.3 Å². The molecule has 0 aliphatic heterocycles. The average molecular weight is 209 g/mol. The highest BCUT2D eigenvalue weighted by molar-refractivity contribution is 5.38. The first-order valence-corrected chi connectivity index (χ1v) is 5.15. The Hall–Kier alpha value is -1.29. The van der Waals surface area contributed by atoms with Gasteiger partial charge in [-0.2, -0.15) is 4.98 Å². The van der Waals surface area contributed by atoms with E-state index in [1.807, 2.05) is 18.2 Å². The predicted molar refractivity (Wildman–Crippen MR) is 62.1 cm³/mol. The van der Waals surface area contributed by atoms with Crippen LogP contribution in [0.1, 0.15) is 13.8 Å². The lowest BCUT2D eigenvalue weighted by atomic mass is 10.1. The van der Waals surface area contributed by atoms with Gasteiger partial charge in [-0.3, -0.25) is 0 Å². The van der Waals surface area contributed by atoms with Crippen LogP contribution in [0.25, 0.3) is 0 Å².